The van der Waals surface area contributed by atoms with Crippen molar-refractivity contribution in [2.75, 3.05) is 26.4 Å². The van der Waals surface area contributed by atoms with Gasteiger partial charge in [-0.3, -0.25) is 0 Å². The van der Waals surface area contributed by atoms with Crippen LogP contribution in [0.4, 0.5) is 0 Å². The van der Waals surface area contributed by atoms with Gasteiger partial charge in [-0.05, 0) is 38.8 Å². The van der Waals surface area contributed by atoms with E-state index < -0.39 is 11.9 Å². The second-order valence-corrected chi connectivity index (χ2v) is 11.7. The maximum absolute atomic E-state index is 12.6. The van der Waals surface area contributed by atoms with Crippen LogP contribution in [0.25, 0.3) is 0 Å². The van der Waals surface area contributed by atoms with Crippen molar-refractivity contribution in [2.24, 2.45) is 0 Å². The van der Waals surface area contributed by atoms with Crippen LogP contribution >= 0.6 is 0 Å². The zero-order valence-corrected chi connectivity index (χ0v) is 28.7. The molecule has 1 aromatic rings. The van der Waals surface area contributed by atoms with E-state index in [9.17, 15) is 9.59 Å². The van der Waals surface area contributed by atoms with Crippen LogP contribution in [-0.4, -0.2) is 38.4 Å². The molecule has 0 radical (unpaired) electrons. The Balaban J connectivity index is 0.00000324. The predicted molar refractivity (Wildman–Crippen MR) is 182 cm³/mol. The predicted octanol–water partition coefficient (Wildman–Crippen LogP) is 11.7. The molecule has 0 aliphatic heterocycles. The summed E-state index contributed by atoms with van der Waals surface area (Å²) in [5.74, 6) is -0.862. The Morgan fingerprint density at radius 2 is 0.721 bits per heavy atom. The normalized spacial score (nSPS) is 10.7. The molecule has 43 heavy (non-hydrogen) atoms. The molecule has 0 bridgehead atoms. The molecule has 5 nitrogen and oxygen atoms in total. The third kappa shape index (κ3) is 26.3. The second kappa shape index (κ2) is 33.0. The van der Waals surface area contributed by atoms with Crippen LogP contribution in [0.3, 0.4) is 0 Å². The van der Waals surface area contributed by atoms with Gasteiger partial charge < -0.3 is 14.2 Å². The van der Waals surface area contributed by atoms with Crippen molar-refractivity contribution in [2.45, 2.75) is 169 Å². The summed E-state index contributed by atoms with van der Waals surface area (Å²) in [4.78, 5) is 25.2. The van der Waals surface area contributed by atoms with Gasteiger partial charge in [-0.25, -0.2) is 9.59 Å². The summed E-state index contributed by atoms with van der Waals surface area (Å²) in [6.45, 7) is 11.0. The van der Waals surface area contributed by atoms with Gasteiger partial charge in [0.2, 0.25) is 0 Å². The highest BCUT2D eigenvalue weighted by atomic mass is 16.5. The number of carbonyl (C=O) groups is 2. The molecular formula is C38H68O5. The average molecular weight is 605 g/mol. The minimum Gasteiger partial charge on any atom is -0.462 e. The van der Waals surface area contributed by atoms with Crippen molar-refractivity contribution >= 4 is 11.9 Å². The molecule has 1 rings (SSSR count). The van der Waals surface area contributed by atoms with E-state index in [0.29, 0.717) is 24.3 Å². The van der Waals surface area contributed by atoms with Crippen LogP contribution in [0.5, 0.6) is 0 Å². The van der Waals surface area contributed by atoms with Crippen molar-refractivity contribution in [3.05, 3.63) is 35.4 Å². The summed E-state index contributed by atoms with van der Waals surface area (Å²) in [7, 11) is 0. The van der Waals surface area contributed by atoms with E-state index in [2.05, 4.69) is 13.8 Å². The number of unbranched alkanes of at least 4 members (excludes halogenated alkanes) is 20. The van der Waals surface area contributed by atoms with Gasteiger partial charge in [0.05, 0.1) is 24.3 Å². The molecule has 0 aliphatic rings. The Kier molecular flexibility index (Phi) is 31.6. The summed E-state index contributed by atoms with van der Waals surface area (Å²) >= 11 is 0. The largest absolute Gasteiger partial charge is 0.462 e. The van der Waals surface area contributed by atoms with Gasteiger partial charge >= 0.3 is 11.9 Å². The lowest BCUT2D eigenvalue weighted by Crippen LogP contribution is -2.15. The van der Waals surface area contributed by atoms with Gasteiger partial charge in [-0.1, -0.05) is 154 Å². The summed E-state index contributed by atoms with van der Waals surface area (Å²) in [5, 5.41) is 0. The fraction of sp³-hybridized carbons (Fsp3) is 0.789. The number of hydrogen-bond acceptors (Lipinski definition) is 5. The summed E-state index contributed by atoms with van der Waals surface area (Å²) < 4.78 is 15.8. The van der Waals surface area contributed by atoms with Crippen LogP contribution in [0.15, 0.2) is 24.3 Å². The Hall–Kier alpha value is -1.88. The first-order valence-corrected chi connectivity index (χ1v) is 18.1. The highest BCUT2D eigenvalue weighted by Gasteiger charge is 2.18. The van der Waals surface area contributed by atoms with E-state index >= 15 is 0 Å². The minimum absolute atomic E-state index is 0.305. The first kappa shape index (κ1) is 41.1. The van der Waals surface area contributed by atoms with Crippen LogP contribution in [0.1, 0.15) is 190 Å². The molecule has 0 unspecified atom stereocenters. The zero-order chi connectivity index (χ0) is 31.6. The van der Waals surface area contributed by atoms with Crippen molar-refractivity contribution in [1.82, 2.24) is 0 Å². The topological polar surface area (TPSA) is 61.8 Å². The molecule has 0 amide bonds. The SMILES string of the molecule is CCCCCCCCCCCCCOC(=O)c1ccccc1C(=O)OCCCCCCCCCCCCC.CCOCC. The maximum atomic E-state index is 12.6. The quantitative estimate of drug-likeness (QED) is 0.0703. The van der Waals surface area contributed by atoms with E-state index in [1.807, 2.05) is 13.8 Å². The molecule has 0 fully saturated rings. The van der Waals surface area contributed by atoms with Crippen molar-refractivity contribution < 1.29 is 23.8 Å². The highest BCUT2D eigenvalue weighted by molar-refractivity contribution is 6.03. The summed E-state index contributed by atoms with van der Waals surface area (Å²) in [5.41, 5.74) is 0.610. The van der Waals surface area contributed by atoms with E-state index in [4.69, 9.17) is 14.2 Å². The van der Waals surface area contributed by atoms with Gasteiger partial charge in [0.15, 0.2) is 0 Å². The zero-order valence-electron chi connectivity index (χ0n) is 28.7. The summed E-state index contributed by atoms with van der Waals surface area (Å²) in [6, 6.07) is 6.84. The number of benzene rings is 1. The Labute approximate surface area is 266 Å². The molecule has 0 saturated carbocycles. The fourth-order valence-corrected chi connectivity index (χ4v) is 5.06. The summed E-state index contributed by atoms with van der Waals surface area (Å²) in [6.07, 6.45) is 27.6. The third-order valence-electron chi connectivity index (χ3n) is 7.74. The van der Waals surface area contributed by atoms with Gasteiger partial charge in [0.1, 0.15) is 0 Å². The molecule has 0 aliphatic carbocycles. The smallest absolute Gasteiger partial charge is 0.339 e. The molecule has 0 saturated heterocycles. The number of ether oxygens (including phenoxy) is 3. The van der Waals surface area contributed by atoms with Crippen LogP contribution in [0, 0.1) is 0 Å². The standard InChI is InChI=1S/C34H58O4.C4H10O/c1-3-5-7-9-11-13-15-17-19-21-25-29-37-33(35)31-27-23-24-28-32(31)34(36)38-30-26-22-20-18-16-14-12-10-8-6-4-2;1-3-5-4-2/h23-24,27-28H,3-22,25-26,29-30H2,1-2H3;3-4H2,1-2H3. The monoisotopic (exact) mass is 605 g/mol. The van der Waals surface area contributed by atoms with Gasteiger partial charge in [-0.15, -0.1) is 0 Å². The molecular weight excluding hydrogens is 536 g/mol. The van der Waals surface area contributed by atoms with Crippen molar-refractivity contribution in [3.8, 4) is 0 Å². The molecule has 250 valence electrons. The number of carbonyl (C=O) groups excluding carboxylic acids is 2. The highest BCUT2D eigenvalue weighted by Crippen LogP contribution is 2.15. The number of hydrogen-bond donors (Lipinski definition) is 0. The molecule has 0 heterocycles. The van der Waals surface area contributed by atoms with Crippen LogP contribution < -0.4 is 0 Å². The van der Waals surface area contributed by atoms with Crippen molar-refractivity contribution in [1.29, 1.82) is 0 Å². The average Bonchev–Trinajstić information content (AvgIpc) is 3.02. The lowest BCUT2D eigenvalue weighted by atomic mass is 10.1. The molecule has 5 heteroatoms. The van der Waals surface area contributed by atoms with E-state index in [-0.39, 0.29) is 0 Å². The Morgan fingerprint density at radius 1 is 0.442 bits per heavy atom. The molecule has 1 aromatic carbocycles. The first-order valence-electron chi connectivity index (χ1n) is 18.1. The van der Waals surface area contributed by atoms with E-state index in [1.165, 1.54) is 116 Å². The minimum atomic E-state index is -0.431. The number of esters is 2. The lowest BCUT2D eigenvalue weighted by Gasteiger charge is -2.10. The molecule has 0 spiro atoms. The molecule has 0 atom stereocenters. The second-order valence-electron chi connectivity index (χ2n) is 11.7. The molecule has 0 N–H and O–H groups in total. The first-order chi connectivity index (χ1) is 21.1. The van der Waals surface area contributed by atoms with E-state index in [0.717, 1.165) is 38.9 Å². The third-order valence-corrected chi connectivity index (χ3v) is 7.74. The Bertz CT molecular complexity index is 687. The Morgan fingerprint density at radius 3 is 0.977 bits per heavy atom. The maximum Gasteiger partial charge on any atom is 0.339 e. The molecule has 0 aromatic heterocycles. The van der Waals surface area contributed by atoms with Gasteiger partial charge in [-0.2, -0.15) is 0 Å². The fourth-order valence-electron chi connectivity index (χ4n) is 5.06. The van der Waals surface area contributed by atoms with Crippen molar-refractivity contribution in [3.63, 3.8) is 0 Å². The van der Waals surface area contributed by atoms with E-state index in [1.54, 1.807) is 24.3 Å². The van der Waals surface area contributed by atoms with Gasteiger partial charge in [0, 0.05) is 13.2 Å². The van der Waals surface area contributed by atoms with Crippen LogP contribution in [-0.2, 0) is 14.2 Å². The lowest BCUT2D eigenvalue weighted by molar-refractivity contribution is 0.0450. The van der Waals surface area contributed by atoms with Crippen LogP contribution in [0.2, 0.25) is 0 Å². The van der Waals surface area contributed by atoms with Gasteiger partial charge in [0.25, 0.3) is 0 Å². The number of rotatable bonds is 28.